The van der Waals surface area contributed by atoms with E-state index >= 15 is 0 Å². The Bertz CT molecular complexity index is 532. The highest BCUT2D eigenvalue weighted by molar-refractivity contribution is 5.67. The van der Waals surface area contributed by atoms with Gasteiger partial charge in [0.05, 0.1) is 5.69 Å². The molecule has 0 fully saturated rings. The fourth-order valence-corrected chi connectivity index (χ4v) is 2.16. The summed E-state index contributed by atoms with van der Waals surface area (Å²) in [5.41, 5.74) is 6.21. The molecule has 0 saturated carbocycles. The summed E-state index contributed by atoms with van der Waals surface area (Å²) in [6.07, 6.45) is 2.99. The van der Waals surface area contributed by atoms with Crippen LogP contribution in [0.3, 0.4) is 0 Å². The fourth-order valence-electron chi connectivity index (χ4n) is 2.16. The Labute approximate surface area is 95.3 Å². The van der Waals surface area contributed by atoms with Crippen molar-refractivity contribution in [2.45, 2.75) is 13.3 Å². The van der Waals surface area contributed by atoms with Gasteiger partial charge in [0.2, 0.25) is 0 Å². The third-order valence-corrected chi connectivity index (χ3v) is 3.03. The monoisotopic (exact) mass is 210 g/mol. The molecule has 1 aromatic carbocycles. The Hall–Kier alpha value is -1.83. The van der Waals surface area contributed by atoms with Crippen LogP contribution in [0.25, 0.3) is 11.3 Å². The number of anilines is 1. The minimum atomic E-state index is 1.06. The van der Waals surface area contributed by atoms with Gasteiger partial charge in [0.25, 0.3) is 0 Å². The van der Waals surface area contributed by atoms with Gasteiger partial charge in [-0.1, -0.05) is 6.07 Å². The molecule has 2 heterocycles. The Balaban J connectivity index is 2.07. The molecule has 2 heteroatoms. The van der Waals surface area contributed by atoms with Crippen molar-refractivity contribution in [2.75, 3.05) is 11.9 Å². The molecular formula is C14H14N2. The van der Waals surface area contributed by atoms with Crippen LogP contribution in [0, 0.1) is 6.92 Å². The van der Waals surface area contributed by atoms with Crippen molar-refractivity contribution in [1.82, 2.24) is 4.98 Å². The standard InChI is InChI=1S/C14H14N2/c1-10-4-6-16-14(8-10)11-2-3-13-12(9-11)5-7-15-13/h2-4,6,8-9,15H,5,7H2,1H3. The number of hydrogen-bond donors (Lipinski definition) is 1. The molecule has 1 aliphatic heterocycles. The predicted molar refractivity (Wildman–Crippen MR) is 66.6 cm³/mol. The summed E-state index contributed by atoms with van der Waals surface area (Å²) in [4.78, 5) is 4.41. The van der Waals surface area contributed by atoms with Crippen molar-refractivity contribution < 1.29 is 0 Å². The highest BCUT2D eigenvalue weighted by Crippen LogP contribution is 2.27. The largest absolute Gasteiger partial charge is 0.384 e. The number of fused-ring (bicyclic) bond motifs is 1. The molecule has 0 spiro atoms. The van der Waals surface area contributed by atoms with Crippen molar-refractivity contribution in [2.24, 2.45) is 0 Å². The topological polar surface area (TPSA) is 24.9 Å². The zero-order valence-electron chi connectivity index (χ0n) is 9.33. The van der Waals surface area contributed by atoms with E-state index in [1.165, 1.54) is 22.4 Å². The summed E-state index contributed by atoms with van der Waals surface area (Å²) in [5.74, 6) is 0. The van der Waals surface area contributed by atoms with Crippen LogP contribution in [0.2, 0.25) is 0 Å². The van der Waals surface area contributed by atoms with Crippen LogP contribution in [0.5, 0.6) is 0 Å². The first-order valence-electron chi connectivity index (χ1n) is 5.63. The maximum absolute atomic E-state index is 4.41. The van der Waals surface area contributed by atoms with Gasteiger partial charge in [-0.3, -0.25) is 4.98 Å². The number of hydrogen-bond acceptors (Lipinski definition) is 2. The van der Waals surface area contributed by atoms with Crippen LogP contribution in [0.4, 0.5) is 5.69 Å². The molecule has 0 saturated heterocycles. The molecule has 0 atom stereocenters. The zero-order chi connectivity index (χ0) is 11.0. The summed E-state index contributed by atoms with van der Waals surface area (Å²) in [6, 6.07) is 10.7. The van der Waals surface area contributed by atoms with Gasteiger partial charge in [-0.2, -0.15) is 0 Å². The zero-order valence-corrected chi connectivity index (χ0v) is 9.33. The van der Waals surface area contributed by atoms with Gasteiger partial charge in [-0.05, 0) is 48.7 Å². The van der Waals surface area contributed by atoms with E-state index in [2.05, 4.69) is 41.5 Å². The SMILES string of the molecule is Cc1ccnc(-c2ccc3c(c2)CCN3)c1. The molecule has 1 N–H and O–H groups in total. The Morgan fingerprint density at radius 1 is 1.19 bits per heavy atom. The molecular weight excluding hydrogens is 196 g/mol. The predicted octanol–water partition coefficient (Wildman–Crippen LogP) is 3.03. The number of rotatable bonds is 1. The Morgan fingerprint density at radius 3 is 3.00 bits per heavy atom. The first-order chi connectivity index (χ1) is 7.83. The number of pyridine rings is 1. The van der Waals surface area contributed by atoms with Crippen molar-refractivity contribution in [3.05, 3.63) is 47.7 Å². The number of nitrogens with zero attached hydrogens (tertiary/aromatic N) is 1. The van der Waals surface area contributed by atoms with Crippen molar-refractivity contribution >= 4 is 5.69 Å². The van der Waals surface area contributed by atoms with E-state index in [4.69, 9.17) is 0 Å². The lowest BCUT2D eigenvalue weighted by atomic mass is 10.0. The highest BCUT2D eigenvalue weighted by atomic mass is 14.9. The summed E-state index contributed by atoms with van der Waals surface area (Å²) < 4.78 is 0. The molecule has 16 heavy (non-hydrogen) atoms. The maximum atomic E-state index is 4.41. The average molecular weight is 210 g/mol. The second kappa shape index (κ2) is 3.63. The maximum Gasteiger partial charge on any atom is 0.0704 e. The van der Waals surface area contributed by atoms with E-state index in [0.717, 1.165) is 18.7 Å². The summed E-state index contributed by atoms with van der Waals surface area (Å²) in [5, 5.41) is 3.37. The van der Waals surface area contributed by atoms with Gasteiger partial charge >= 0.3 is 0 Å². The van der Waals surface area contributed by atoms with E-state index < -0.39 is 0 Å². The second-order valence-electron chi connectivity index (χ2n) is 4.27. The van der Waals surface area contributed by atoms with Crippen molar-refractivity contribution in [3.8, 4) is 11.3 Å². The van der Waals surface area contributed by atoms with Crippen LogP contribution < -0.4 is 5.32 Å². The summed E-state index contributed by atoms with van der Waals surface area (Å²) >= 11 is 0. The smallest absolute Gasteiger partial charge is 0.0704 e. The Morgan fingerprint density at radius 2 is 2.12 bits per heavy atom. The van der Waals surface area contributed by atoms with Gasteiger partial charge in [0.1, 0.15) is 0 Å². The third-order valence-electron chi connectivity index (χ3n) is 3.03. The molecule has 0 bridgehead atoms. The molecule has 2 nitrogen and oxygen atoms in total. The molecule has 80 valence electrons. The molecule has 2 aromatic rings. The molecule has 1 aliphatic rings. The summed E-state index contributed by atoms with van der Waals surface area (Å²) in [6.45, 7) is 3.15. The lowest BCUT2D eigenvalue weighted by Crippen LogP contribution is -1.90. The third kappa shape index (κ3) is 1.56. The number of aromatic nitrogens is 1. The molecule has 1 aromatic heterocycles. The van der Waals surface area contributed by atoms with Gasteiger partial charge in [-0.15, -0.1) is 0 Å². The lowest BCUT2D eigenvalue weighted by Gasteiger charge is -2.05. The van der Waals surface area contributed by atoms with Gasteiger partial charge in [0, 0.05) is 24.0 Å². The van der Waals surface area contributed by atoms with E-state index in [1.807, 2.05) is 12.3 Å². The number of aryl methyl sites for hydroxylation is 1. The Kier molecular flexibility index (Phi) is 2.13. The van der Waals surface area contributed by atoms with Crippen LogP contribution >= 0.6 is 0 Å². The molecule has 3 rings (SSSR count). The minimum absolute atomic E-state index is 1.06. The number of benzene rings is 1. The fraction of sp³-hybridized carbons (Fsp3) is 0.214. The molecule has 0 aliphatic carbocycles. The normalized spacial score (nSPS) is 13.3. The van der Waals surface area contributed by atoms with E-state index in [0.29, 0.717) is 0 Å². The molecule has 0 radical (unpaired) electrons. The lowest BCUT2D eigenvalue weighted by molar-refractivity contribution is 1.11. The average Bonchev–Trinajstić information content (AvgIpc) is 2.75. The van der Waals surface area contributed by atoms with Crippen LogP contribution in [0.1, 0.15) is 11.1 Å². The van der Waals surface area contributed by atoms with Crippen molar-refractivity contribution in [3.63, 3.8) is 0 Å². The summed E-state index contributed by atoms with van der Waals surface area (Å²) in [7, 11) is 0. The van der Waals surface area contributed by atoms with Gasteiger partial charge < -0.3 is 5.32 Å². The molecule has 0 unspecified atom stereocenters. The van der Waals surface area contributed by atoms with E-state index in [1.54, 1.807) is 0 Å². The van der Waals surface area contributed by atoms with E-state index in [-0.39, 0.29) is 0 Å². The minimum Gasteiger partial charge on any atom is -0.384 e. The second-order valence-corrected chi connectivity index (χ2v) is 4.27. The first kappa shape index (κ1) is 9.40. The highest BCUT2D eigenvalue weighted by Gasteiger charge is 2.10. The van der Waals surface area contributed by atoms with Gasteiger partial charge in [-0.25, -0.2) is 0 Å². The van der Waals surface area contributed by atoms with Crippen molar-refractivity contribution in [1.29, 1.82) is 0 Å². The quantitative estimate of drug-likeness (QED) is 0.782. The van der Waals surface area contributed by atoms with Crippen LogP contribution in [-0.2, 0) is 6.42 Å². The molecule has 0 amide bonds. The van der Waals surface area contributed by atoms with Gasteiger partial charge in [0.15, 0.2) is 0 Å². The van der Waals surface area contributed by atoms with Crippen LogP contribution in [-0.4, -0.2) is 11.5 Å². The first-order valence-corrected chi connectivity index (χ1v) is 5.63. The van der Waals surface area contributed by atoms with Crippen LogP contribution in [0.15, 0.2) is 36.5 Å². The van der Waals surface area contributed by atoms with E-state index in [9.17, 15) is 0 Å². The number of nitrogens with one attached hydrogen (secondary N) is 1.